The number of alkyl halides is 1. The number of rotatable bonds is 6. The quantitative estimate of drug-likeness (QED) is 0.459. The van der Waals surface area contributed by atoms with Crippen LogP contribution >= 0.6 is 11.6 Å². The number of terminal acetylenes is 1. The average molecular weight is 298 g/mol. The minimum atomic E-state index is -3.56. The Labute approximate surface area is 119 Å². The fourth-order valence-corrected chi connectivity index (χ4v) is 2.89. The molecule has 0 amide bonds. The van der Waals surface area contributed by atoms with Crippen LogP contribution in [0.4, 0.5) is 0 Å². The molecule has 102 valence electrons. The maximum atomic E-state index is 12.4. The monoisotopic (exact) mass is 297 g/mol. The van der Waals surface area contributed by atoms with E-state index < -0.39 is 10.0 Å². The number of hydrogen-bond donors (Lipinski definition) is 0. The largest absolute Gasteiger partial charge is 0.244 e. The summed E-state index contributed by atoms with van der Waals surface area (Å²) in [6.07, 6.45) is 8.61. The summed E-state index contributed by atoms with van der Waals surface area (Å²) in [6.45, 7) is 2.15. The van der Waals surface area contributed by atoms with E-state index in [0.29, 0.717) is 5.88 Å². The van der Waals surface area contributed by atoms with E-state index in [1.54, 1.807) is 36.4 Å². The van der Waals surface area contributed by atoms with Gasteiger partial charge in [0.15, 0.2) is 0 Å². The topological polar surface area (TPSA) is 37.4 Å². The highest BCUT2D eigenvalue weighted by molar-refractivity contribution is 7.89. The van der Waals surface area contributed by atoms with Crippen molar-refractivity contribution >= 4 is 21.6 Å². The van der Waals surface area contributed by atoms with Crippen LogP contribution in [0.1, 0.15) is 5.56 Å². The second-order valence-electron chi connectivity index (χ2n) is 3.94. The van der Waals surface area contributed by atoms with Crippen molar-refractivity contribution in [3.05, 3.63) is 42.0 Å². The molecular weight excluding hydrogens is 282 g/mol. The second-order valence-corrected chi connectivity index (χ2v) is 6.19. The van der Waals surface area contributed by atoms with E-state index in [1.807, 2.05) is 6.92 Å². The van der Waals surface area contributed by atoms with E-state index in [-0.39, 0.29) is 18.0 Å². The van der Waals surface area contributed by atoms with Crippen molar-refractivity contribution in [2.24, 2.45) is 0 Å². The predicted molar refractivity (Wildman–Crippen MR) is 78.6 cm³/mol. The number of sulfonamides is 1. The van der Waals surface area contributed by atoms with Gasteiger partial charge in [-0.15, -0.1) is 18.0 Å². The van der Waals surface area contributed by atoms with Gasteiger partial charge in [-0.3, -0.25) is 0 Å². The maximum absolute atomic E-state index is 12.4. The molecule has 0 aliphatic heterocycles. The zero-order valence-corrected chi connectivity index (χ0v) is 12.3. The van der Waals surface area contributed by atoms with Gasteiger partial charge in [0.25, 0.3) is 0 Å². The number of benzene rings is 1. The Hall–Kier alpha value is -1.28. The van der Waals surface area contributed by atoms with Crippen molar-refractivity contribution in [2.75, 3.05) is 19.0 Å². The Morgan fingerprint density at radius 1 is 1.32 bits per heavy atom. The molecule has 0 saturated carbocycles. The van der Waals surface area contributed by atoms with Gasteiger partial charge in [-0.1, -0.05) is 35.8 Å². The van der Waals surface area contributed by atoms with Crippen LogP contribution < -0.4 is 0 Å². The van der Waals surface area contributed by atoms with E-state index >= 15 is 0 Å². The standard InChI is InChI=1S/C14H16ClNO2S/c1-3-11-16(12-5-4-10-15)19(17,18)14-8-6-13(2)7-9-14/h1,4-9H,10-12H2,2H3/b5-4+. The van der Waals surface area contributed by atoms with Gasteiger partial charge in [-0.2, -0.15) is 4.31 Å². The van der Waals surface area contributed by atoms with E-state index in [4.69, 9.17) is 18.0 Å². The molecule has 1 aromatic carbocycles. The normalized spacial score (nSPS) is 11.9. The molecule has 19 heavy (non-hydrogen) atoms. The lowest BCUT2D eigenvalue weighted by atomic mass is 10.2. The van der Waals surface area contributed by atoms with Gasteiger partial charge in [0.05, 0.1) is 11.4 Å². The third kappa shape index (κ3) is 4.39. The van der Waals surface area contributed by atoms with E-state index in [9.17, 15) is 8.42 Å². The fraction of sp³-hybridized carbons (Fsp3) is 0.286. The zero-order valence-electron chi connectivity index (χ0n) is 10.7. The highest BCUT2D eigenvalue weighted by atomic mass is 35.5. The molecule has 0 unspecified atom stereocenters. The van der Waals surface area contributed by atoms with E-state index in [1.165, 1.54) is 4.31 Å². The van der Waals surface area contributed by atoms with Crippen molar-refractivity contribution in [1.29, 1.82) is 0 Å². The highest BCUT2D eigenvalue weighted by Gasteiger charge is 2.22. The first kappa shape index (κ1) is 15.8. The van der Waals surface area contributed by atoms with Gasteiger partial charge in [0.1, 0.15) is 0 Å². The SMILES string of the molecule is C#CCN(C/C=C/CCl)S(=O)(=O)c1ccc(C)cc1. The number of nitrogens with zero attached hydrogens (tertiary/aromatic N) is 1. The molecule has 0 heterocycles. The lowest BCUT2D eigenvalue weighted by Gasteiger charge is -2.18. The lowest BCUT2D eigenvalue weighted by molar-refractivity contribution is 0.478. The first-order valence-corrected chi connectivity index (χ1v) is 7.71. The predicted octanol–water partition coefficient (Wildman–Crippen LogP) is 2.41. The Bertz CT molecular complexity index is 570. The first-order chi connectivity index (χ1) is 9.02. The highest BCUT2D eigenvalue weighted by Crippen LogP contribution is 2.16. The summed E-state index contributed by atoms with van der Waals surface area (Å²) in [4.78, 5) is 0.243. The Balaban J connectivity index is 3.02. The molecular formula is C14H16ClNO2S. The van der Waals surface area contributed by atoms with Crippen molar-refractivity contribution in [3.63, 3.8) is 0 Å². The molecule has 0 bridgehead atoms. The Morgan fingerprint density at radius 3 is 2.47 bits per heavy atom. The van der Waals surface area contributed by atoms with Gasteiger partial charge in [-0.25, -0.2) is 8.42 Å². The van der Waals surface area contributed by atoms with Crippen LogP contribution in [0.5, 0.6) is 0 Å². The average Bonchev–Trinajstić information content (AvgIpc) is 2.38. The lowest BCUT2D eigenvalue weighted by Crippen LogP contribution is -2.31. The van der Waals surface area contributed by atoms with Crippen molar-refractivity contribution in [3.8, 4) is 12.3 Å². The summed E-state index contributed by atoms with van der Waals surface area (Å²) in [5.41, 5.74) is 1.00. The second kappa shape index (κ2) is 7.34. The van der Waals surface area contributed by atoms with E-state index in [2.05, 4.69) is 5.92 Å². The minimum Gasteiger partial charge on any atom is -0.207 e. The summed E-state index contributed by atoms with van der Waals surface area (Å²) >= 11 is 5.52. The summed E-state index contributed by atoms with van der Waals surface area (Å²) in [5.74, 6) is 2.70. The van der Waals surface area contributed by atoms with Gasteiger partial charge >= 0.3 is 0 Å². The number of aryl methyl sites for hydroxylation is 1. The molecule has 0 saturated heterocycles. The summed E-state index contributed by atoms with van der Waals surface area (Å²) < 4.78 is 26.0. The van der Waals surface area contributed by atoms with Crippen LogP contribution in [0.3, 0.4) is 0 Å². The van der Waals surface area contributed by atoms with Crippen molar-refractivity contribution in [1.82, 2.24) is 4.31 Å². The van der Waals surface area contributed by atoms with Crippen LogP contribution in [0.25, 0.3) is 0 Å². The molecule has 0 spiro atoms. The van der Waals surface area contributed by atoms with Crippen molar-refractivity contribution < 1.29 is 8.42 Å². The molecule has 1 rings (SSSR count). The number of hydrogen-bond acceptors (Lipinski definition) is 2. The van der Waals surface area contributed by atoms with Crippen LogP contribution in [0, 0.1) is 19.3 Å². The molecule has 1 aromatic rings. The molecule has 0 aliphatic rings. The molecule has 0 aromatic heterocycles. The maximum Gasteiger partial charge on any atom is 0.244 e. The van der Waals surface area contributed by atoms with Crippen LogP contribution in [0.2, 0.25) is 0 Å². The molecule has 0 atom stereocenters. The molecule has 0 radical (unpaired) electrons. The summed E-state index contributed by atoms with van der Waals surface area (Å²) in [7, 11) is -3.56. The van der Waals surface area contributed by atoms with Crippen molar-refractivity contribution in [2.45, 2.75) is 11.8 Å². The van der Waals surface area contributed by atoms with Crippen LogP contribution in [0.15, 0.2) is 41.3 Å². The first-order valence-electron chi connectivity index (χ1n) is 5.73. The third-order valence-corrected chi connectivity index (χ3v) is 4.50. The molecule has 3 nitrogen and oxygen atoms in total. The van der Waals surface area contributed by atoms with Gasteiger partial charge in [0, 0.05) is 12.4 Å². The van der Waals surface area contributed by atoms with Gasteiger partial charge in [-0.05, 0) is 19.1 Å². The molecule has 5 heteroatoms. The molecule has 0 fully saturated rings. The summed E-state index contributed by atoms with van der Waals surface area (Å²) in [6, 6.07) is 6.68. The summed E-state index contributed by atoms with van der Waals surface area (Å²) in [5, 5.41) is 0. The number of halogens is 1. The Morgan fingerprint density at radius 2 is 1.95 bits per heavy atom. The van der Waals surface area contributed by atoms with Gasteiger partial charge < -0.3 is 0 Å². The van der Waals surface area contributed by atoms with Gasteiger partial charge in [0.2, 0.25) is 10.0 Å². The Kier molecular flexibility index (Phi) is 6.10. The van der Waals surface area contributed by atoms with Crippen LogP contribution in [-0.2, 0) is 10.0 Å². The van der Waals surface area contributed by atoms with E-state index in [0.717, 1.165) is 5.56 Å². The number of allylic oxidation sites excluding steroid dienone is 1. The minimum absolute atomic E-state index is 0.0306. The fourth-order valence-electron chi connectivity index (χ4n) is 1.46. The molecule has 0 N–H and O–H groups in total. The smallest absolute Gasteiger partial charge is 0.207 e. The van der Waals surface area contributed by atoms with Crippen LogP contribution in [-0.4, -0.2) is 31.7 Å². The third-order valence-electron chi connectivity index (χ3n) is 2.49. The molecule has 0 aliphatic carbocycles. The zero-order chi connectivity index (χ0) is 14.3.